The Morgan fingerprint density at radius 2 is 1.89 bits per heavy atom. The molecule has 0 spiro atoms. The number of fused-ring (bicyclic) bond motifs is 2. The molecular formula is C26H27Cl2N3O3S. The highest BCUT2D eigenvalue weighted by atomic mass is 35.5. The molecule has 0 bridgehead atoms. The Bertz CT molecular complexity index is 1290. The van der Waals surface area contributed by atoms with Crippen molar-refractivity contribution in [2.45, 2.75) is 6.42 Å². The van der Waals surface area contributed by atoms with Gasteiger partial charge in [0.2, 0.25) is 0 Å². The van der Waals surface area contributed by atoms with Crippen molar-refractivity contribution in [3.63, 3.8) is 0 Å². The lowest BCUT2D eigenvalue weighted by Crippen LogP contribution is -2.40. The number of amides is 1. The predicted octanol–water partition coefficient (Wildman–Crippen LogP) is 5.66. The molecule has 0 radical (unpaired) electrons. The number of aromatic nitrogens is 1. The van der Waals surface area contributed by atoms with Gasteiger partial charge in [0.15, 0.2) is 11.7 Å². The van der Waals surface area contributed by atoms with Crippen LogP contribution in [0.25, 0.3) is 21.0 Å². The Kier molecular flexibility index (Phi) is 8.81. The summed E-state index contributed by atoms with van der Waals surface area (Å²) < 4.78 is 12.3. The lowest BCUT2D eigenvalue weighted by atomic mass is 10.1. The fourth-order valence-corrected chi connectivity index (χ4v) is 5.41. The lowest BCUT2D eigenvalue weighted by Gasteiger charge is -2.27. The zero-order chi connectivity index (χ0) is 23.3. The third-order valence-electron chi connectivity index (χ3n) is 5.93. The second kappa shape index (κ2) is 12.0. The fourth-order valence-electron chi connectivity index (χ4n) is 4.10. The SMILES string of the molecule is Cl.O=C(COc1ccc2ccccc2c1)N(CCCN1CCOCC1)c1nc2c(Cl)cccc2s1. The van der Waals surface area contributed by atoms with E-state index in [9.17, 15) is 4.79 Å². The Hall–Kier alpha value is -2.42. The van der Waals surface area contributed by atoms with Crippen molar-refractivity contribution in [3.05, 3.63) is 65.7 Å². The molecule has 1 aliphatic rings. The van der Waals surface area contributed by atoms with Gasteiger partial charge in [-0.15, -0.1) is 12.4 Å². The minimum absolute atomic E-state index is 0. The number of nitrogens with zero attached hydrogens (tertiary/aromatic N) is 3. The Morgan fingerprint density at radius 1 is 1.09 bits per heavy atom. The average molecular weight is 532 g/mol. The summed E-state index contributed by atoms with van der Waals surface area (Å²) in [6, 6.07) is 19.7. The van der Waals surface area contributed by atoms with Gasteiger partial charge in [0, 0.05) is 26.2 Å². The van der Waals surface area contributed by atoms with Crippen molar-refractivity contribution in [1.82, 2.24) is 9.88 Å². The lowest BCUT2D eigenvalue weighted by molar-refractivity contribution is -0.120. The van der Waals surface area contributed by atoms with Crippen molar-refractivity contribution in [1.29, 1.82) is 0 Å². The number of hydrogen-bond donors (Lipinski definition) is 0. The van der Waals surface area contributed by atoms with Crippen LogP contribution in [0.4, 0.5) is 5.13 Å². The molecule has 1 fully saturated rings. The van der Waals surface area contributed by atoms with Crippen LogP contribution in [-0.4, -0.2) is 61.8 Å². The quantitative estimate of drug-likeness (QED) is 0.293. The number of carbonyl (C=O) groups is 1. The van der Waals surface area contributed by atoms with Gasteiger partial charge < -0.3 is 9.47 Å². The molecule has 184 valence electrons. The van der Waals surface area contributed by atoms with E-state index >= 15 is 0 Å². The molecule has 5 rings (SSSR count). The molecule has 0 saturated carbocycles. The maximum Gasteiger partial charge on any atom is 0.266 e. The molecule has 35 heavy (non-hydrogen) atoms. The molecule has 1 aromatic heterocycles. The maximum atomic E-state index is 13.3. The first-order valence-corrected chi connectivity index (χ1v) is 12.6. The standard InChI is InChI=1S/C26H26ClN3O3S.ClH/c27-22-7-3-8-23-25(22)28-26(34-23)30(12-4-11-29-13-15-32-16-14-29)24(31)18-33-21-10-9-19-5-1-2-6-20(19)17-21;/h1-3,5-10,17H,4,11-16,18H2;1H. The summed E-state index contributed by atoms with van der Waals surface area (Å²) >= 11 is 7.82. The highest BCUT2D eigenvalue weighted by Crippen LogP contribution is 2.33. The van der Waals surface area contributed by atoms with E-state index in [0.717, 1.165) is 60.3 Å². The van der Waals surface area contributed by atoms with Crippen LogP contribution in [0.1, 0.15) is 6.42 Å². The van der Waals surface area contributed by atoms with E-state index in [4.69, 9.17) is 26.1 Å². The number of para-hydroxylation sites is 1. The molecule has 3 aromatic carbocycles. The molecule has 1 aliphatic heterocycles. The summed E-state index contributed by atoms with van der Waals surface area (Å²) in [5, 5.41) is 3.46. The van der Waals surface area contributed by atoms with Gasteiger partial charge in [-0.3, -0.25) is 14.6 Å². The smallest absolute Gasteiger partial charge is 0.266 e. The van der Waals surface area contributed by atoms with Crippen LogP contribution < -0.4 is 9.64 Å². The predicted molar refractivity (Wildman–Crippen MR) is 146 cm³/mol. The van der Waals surface area contributed by atoms with Crippen LogP contribution in [0, 0.1) is 0 Å². The van der Waals surface area contributed by atoms with Gasteiger partial charge in [-0.2, -0.15) is 0 Å². The molecule has 0 aliphatic carbocycles. The second-order valence-corrected chi connectivity index (χ2v) is 9.65. The number of hydrogen-bond acceptors (Lipinski definition) is 6. The monoisotopic (exact) mass is 531 g/mol. The second-order valence-electron chi connectivity index (χ2n) is 8.23. The molecule has 4 aromatic rings. The summed E-state index contributed by atoms with van der Waals surface area (Å²) in [5.41, 5.74) is 0.727. The number of morpholine rings is 1. The van der Waals surface area contributed by atoms with E-state index < -0.39 is 0 Å². The highest BCUT2D eigenvalue weighted by molar-refractivity contribution is 7.22. The number of carbonyl (C=O) groups excluding carboxylic acids is 1. The number of ether oxygens (including phenoxy) is 2. The maximum absolute atomic E-state index is 13.3. The van der Waals surface area contributed by atoms with Gasteiger partial charge in [-0.1, -0.05) is 59.3 Å². The normalized spacial score (nSPS) is 14.1. The Labute approximate surface area is 219 Å². The molecule has 6 nitrogen and oxygen atoms in total. The van der Waals surface area contributed by atoms with Crippen LogP contribution in [-0.2, 0) is 9.53 Å². The van der Waals surface area contributed by atoms with Crippen LogP contribution in [0.2, 0.25) is 5.02 Å². The number of anilines is 1. The van der Waals surface area contributed by atoms with Gasteiger partial charge in [0.1, 0.15) is 11.3 Å². The fraction of sp³-hybridized carbons (Fsp3) is 0.308. The third-order valence-corrected chi connectivity index (χ3v) is 7.28. The van der Waals surface area contributed by atoms with Gasteiger partial charge in [-0.25, -0.2) is 4.98 Å². The van der Waals surface area contributed by atoms with Gasteiger partial charge in [0.05, 0.1) is 22.9 Å². The number of benzene rings is 3. The molecule has 0 unspecified atom stereocenters. The number of rotatable bonds is 8. The molecule has 0 atom stereocenters. The number of halogens is 2. The molecular weight excluding hydrogens is 505 g/mol. The first-order chi connectivity index (χ1) is 16.7. The number of thiazole rings is 1. The summed E-state index contributed by atoms with van der Waals surface area (Å²) in [6.07, 6.45) is 0.839. The average Bonchev–Trinajstić information content (AvgIpc) is 3.31. The van der Waals surface area contributed by atoms with Crippen molar-refractivity contribution in [2.24, 2.45) is 0 Å². The van der Waals surface area contributed by atoms with Crippen molar-refractivity contribution >= 4 is 67.4 Å². The summed E-state index contributed by atoms with van der Waals surface area (Å²) in [5.74, 6) is 0.554. The van der Waals surface area contributed by atoms with Gasteiger partial charge >= 0.3 is 0 Å². The summed E-state index contributed by atoms with van der Waals surface area (Å²) in [6.45, 7) is 4.79. The van der Waals surface area contributed by atoms with Gasteiger partial charge in [-0.05, 0) is 41.5 Å². The van der Waals surface area contributed by atoms with Crippen LogP contribution in [0.5, 0.6) is 5.75 Å². The van der Waals surface area contributed by atoms with E-state index in [1.54, 1.807) is 4.90 Å². The van der Waals surface area contributed by atoms with Gasteiger partial charge in [0.25, 0.3) is 5.91 Å². The topological polar surface area (TPSA) is 54.9 Å². The minimum atomic E-state index is -0.120. The van der Waals surface area contributed by atoms with E-state index in [0.29, 0.717) is 22.4 Å². The first-order valence-electron chi connectivity index (χ1n) is 11.4. The Morgan fingerprint density at radius 3 is 2.69 bits per heavy atom. The van der Waals surface area contributed by atoms with Crippen molar-refractivity contribution in [3.8, 4) is 5.75 Å². The zero-order valence-electron chi connectivity index (χ0n) is 19.2. The third kappa shape index (κ3) is 6.23. The van der Waals surface area contributed by atoms with E-state index in [1.165, 1.54) is 11.3 Å². The van der Waals surface area contributed by atoms with Crippen LogP contribution in [0.3, 0.4) is 0 Å². The zero-order valence-corrected chi connectivity index (χ0v) is 21.6. The molecule has 2 heterocycles. The van der Waals surface area contributed by atoms with E-state index in [1.807, 2.05) is 54.6 Å². The molecule has 1 saturated heterocycles. The molecule has 0 N–H and O–H groups in total. The largest absolute Gasteiger partial charge is 0.484 e. The molecule has 9 heteroatoms. The summed E-state index contributed by atoms with van der Waals surface area (Å²) in [7, 11) is 0. The minimum Gasteiger partial charge on any atom is -0.484 e. The van der Waals surface area contributed by atoms with Crippen LogP contribution in [0.15, 0.2) is 60.7 Å². The summed E-state index contributed by atoms with van der Waals surface area (Å²) in [4.78, 5) is 22.1. The van der Waals surface area contributed by atoms with E-state index in [2.05, 4.69) is 11.0 Å². The highest BCUT2D eigenvalue weighted by Gasteiger charge is 2.22. The first kappa shape index (κ1) is 25.7. The van der Waals surface area contributed by atoms with Crippen LogP contribution >= 0.6 is 35.3 Å². The van der Waals surface area contributed by atoms with E-state index in [-0.39, 0.29) is 24.9 Å². The Balaban J connectivity index is 0.00000289. The van der Waals surface area contributed by atoms with Crippen molar-refractivity contribution < 1.29 is 14.3 Å². The van der Waals surface area contributed by atoms with Crippen molar-refractivity contribution in [2.75, 3.05) is 50.9 Å². The molecule has 1 amide bonds.